The van der Waals surface area contributed by atoms with Crippen LogP contribution in [0.25, 0.3) is 0 Å². The molecule has 1 aliphatic rings. The quantitative estimate of drug-likeness (QED) is 0.870. The van der Waals surface area contributed by atoms with Crippen molar-refractivity contribution in [1.29, 1.82) is 0 Å². The summed E-state index contributed by atoms with van der Waals surface area (Å²) in [6, 6.07) is 5.18. The number of ether oxygens (including phenoxy) is 1. The van der Waals surface area contributed by atoms with Crippen molar-refractivity contribution < 1.29 is 14.6 Å². The topological polar surface area (TPSA) is 61.8 Å². The van der Waals surface area contributed by atoms with Crippen LogP contribution in [0.2, 0.25) is 0 Å². The maximum absolute atomic E-state index is 12.2. The van der Waals surface area contributed by atoms with Crippen LogP contribution in [0.3, 0.4) is 0 Å². The zero-order valence-corrected chi connectivity index (χ0v) is 13.0. The highest BCUT2D eigenvalue weighted by Gasteiger charge is 2.22. The van der Waals surface area contributed by atoms with Crippen LogP contribution < -0.4 is 5.32 Å². The van der Waals surface area contributed by atoms with Gasteiger partial charge in [-0.3, -0.25) is 4.79 Å². The summed E-state index contributed by atoms with van der Waals surface area (Å²) >= 11 is 3.28. The number of carbonyl (C=O) groups is 1. The fourth-order valence-corrected chi connectivity index (χ4v) is 2.52. The minimum atomic E-state index is -0.286. The average Bonchev–Trinajstić information content (AvgIpc) is 2.48. The Morgan fingerprint density at radius 1 is 1.50 bits per heavy atom. The van der Waals surface area contributed by atoms with Crippen LogP contribution in [0.15, 0.2) is 22.7 Å². The molecular formula is C14H19BrN2O3. The summed E-state index contributed by atoms with van der Waals surface area (Å²) in [5.41, 5.74) is 0.765. The van der Waals surface area contributed by atoms with Gasteiger partial charge in [-0.05, 0) is 28.9 Å². The molecule has 6 heteroatoms. The molecule has 2 N–H and O–H groups in total. The number of morpholine rings is 1. The zero-order valence-electron chi connectivity index (χ0n) is 11.4. The molecule has 0 bridgehead atoms. The van der Waals surface area contributed by atoms with Gasteiger partial charge in [0.2, 0.25) is 5.91 Å². The molecule has 1 aromatic carbocycles. The number of phenolic OH excluding ortho intramolecular Hbond substituents is 1. The average molecular weight is 343 g/mol. The van der Waals surface area contributed by atoms with Crippen molar-refractivity contribution in [3.05, 3.63) is 28.2 Å². The second-order valence-corrected chi connectivity index (χ2v) is 5.64. The lowest BCUT2D eigenvalue weighted by atomic mass is 10.2. The van der Waals surface area contributed by atoms with Gasteiger partial charge < -0.3 is 20.1 Å². The van der Waals surface area contributed by atoms with Gasteiger partial charge in [-0.25, -0.2) is 0 Å². The minimum absolute atomic E-state index is 0.0720. The van der Waals surface area contributed by atoms with Crippen LogP contribution in [0, 0.1) is 0 Å². The summed E-state index contributed by atoms with van der Waals surface area (Å²) in [6.45, 7) is 4.78. The van der Waals surface area contributed by atoms with Crippen molar-refractivity contribution in [1.82, 2.24) is 10.2 Å². The second kappa shape index (κ2) is 7.06. The van der Waals surface area contributed by atoms with E-state index in [9.17, 15) is 9.90 Å². The van der Waals surface area contributed by atoms with Gasteiger partial charge in [0.05, 0.1) is 23.7 Å². The molecule has 0 spiro atoms. The highest BCUT2D eigenvalue weighted by molar-refractivity contribution is 9.10. The molecule has 1 fully saturated rings. The van der Waals surface area contributed by atoms with E-state index in [-0.39, 0.29) is 17.7 Å². The van der Waals surface area contributed by atoms with Gasteiger partial charge in [-0.1, -0.05) is 12.1 Å². The first-order chi connectivity index (χ1) is 9.59. The number of rotatable bonds is 4. The SMILES string of the molecule is CC(NCc1cccc(Br)c1O)C(=O)N1CCOCC1. The van der Waals surface area contributed by atoms with E-state index in [0.717, 1.165) is 5.56 Å². The van der Waals surface area contributed by atoms with Crippen LogP contribution in [0.4, 0.5) is 0 Å². The molecule has 1 saturated heterocycles. The normalized spacial score (nSPS) is 17.0. The Bertz CT molecular complexity index is 475. The lowest BCUT2D eigenvalue weighted by Gasteiger charge is -2.29. The highest BCUT2D eigenvalue weighted by Crippen LogP contribution is 2.27. The van der Waals surface area contributed by atoms with E-state index < -0.39 is 0 Å². The molecule has 5 nitrogen and oxygen atoms in total. The predicted octanol–water partition coefficient (Wildman–Crippen LogP) is 1.49. The number of halogens is 1. The Morgan fingerprint density at radius 3 is 2.90 bits per heavy atom. The number of nitrogens with one attached hydrogen (secondary N) is 1. The Morgan fingerprint density at radius 2 is 2.20 bits per heavy atom. The van der Waals surface area contributed by atoms with E-state index >= 15 is 0 Å². The van der Waals surface area contributed by atoms with Crippen LogP contribution in [-0.4, -0.2) is 48.3 Å². The Kier molecular flexibility index (Phi) is 5.39. The Balaban J connectivity index is 1.89. The highest BCUT2D eigenvalue weighted by atomic mass is 79.9. The maximum Gasteiger partial charge on any atom is 0.239 e. The summed E-state index contributed by atoms with van der Waals surface area (Å²) < 4.78 is 5.89. The van der Waals surface area contributed by atoms with Crippen LogP contribution in [-0.2, 0) is 16.1 Å². The van der Waals surface area contributed by atoms with Gasteiger partial charge in [-0.15, -0.1) is 0 Å². The number of benzene rings is 1. The predicted molar refractivity (Wildman–Crippen MR) is 79.5 cm³/mol. The molecule has 0 saturated carbocycles. The number of hydrogen-bond donors (Lipinski definition) is 2. The Hall–Kier alpha value is -1.11. The molecule has 1 heterocycles. The van der Waals surface area contributed by atoms with Crippen molar-refractivity contribution in [3.63, 3.8) is 0 Å². The molecule has 1 amide bonds. The molecule has 1 aliphatic heterocycles. The van der Waals surface area contributed by atoms with Crippen molar-refractivity contribution in [2.45, 2.75) is 19.5 Å². The van der Waals surface area contributed by atoms with E-state index in [0.29, 0.717) is 37.3 Å². The summed E-state index contributed by atoms with van der Waals surface area (Å²) in [7, 11) is 0. The van der Waals surface area contributed by atoms with Gasteiger partial charge >= 0.3 is 0 Å². The first-order valence-corrected chi connectivity index (χ1v) is 7.45. The summed E-state index contributed by atoms with van der Waals surface area (Å²) in [4.78, 5) is 14.0. The maximum atomic E-state index is 12.2. The minimum Gasteiger partial charge on any atom is -0.506 e. The fourth-order valence-electron chi connectivity index (χ4n) is 2.11. The van der Waals surface area contributed by atoms with Crippen LogP contribution in [0.5, 0.6) is 5.75 Å². The van der Waals surface area contributed by atoms with Crippen molar-refractivity contribution >= 4 is 21.8 Å². The first kappa shape index (κ1) is 15.3. The third-order valence-electron chi connectivity index (χ3n) is 3.36. The van der Waals surface area contributed by atoms with E-state index in [1.165, 1.54) is 0 Å². The van der Waals surface area contributed by atoms with E-state index in [1.54, 1.807) is 6.07 Å². The molecule has 1 atom stereocenters. The molecule has 2 rings (SSSR count). The van der Waals surface area contributed by atoms with E-state index in [1.807, 2.05) is 24.0 Å². The zero-order chi connectivity index (χ0) is 14.5. The number of amides is 1. The molecule has 1 unspecified atom stereocenters. The molecule has 0 radical (unpaired) electrons. The van der Waals surface area contributed by atoms with E-state index in [4.69, 9.17) is 4.74 Å². The fraction of sp³-hybridized carbons (Fsp3) is 0.500. The third-order valence-corrected chi connectivity index (χ3v) is 4.00. The standard InChI is InChI=1S/C14H19BrN2O3/c1-10(14(19)17-5-7-20-8-6-17)16-9-11-3-2-4-12(15)13(11)18/h2-4,10,16,18H,5-9H2,1H3. The molecule has 0 aromatic heterocycles. The number of carbonyl (C=O) groups excluding carboxylic acids is 1. The van der Waals surface area contributed by atoms with Crippen molar-refractivity contribution in [2.75, 3.05) is 26.3 Å². The van der Waals surface area contributed by atoms with E-state index in [2.05, 4.69) is 21.2 Å². The summed E-state index contributed by atoms with van der Waals surface area (Å²) in [5, 5.41) is 13.1. The van der Waals surface area contributed by atoms with Gasteiger partial charge in [-0.2, -0.15) is 0 Å². The smallest absolute Gasteiger partial charge is 0.239 e. The summed E-state index contributed by atoms with van der Waals surface area (Å²) in [5.74, 6) is 0.286. The number of para-hydroxylation sites is 1. The summed E-state index contributed by atoms with van der Waals surface area (Å²) in [6.07, 6.45) is 0. The molecule has 20 heavy (non-hydrogen) atoms. The lowest BCUT2D eigenvalue weighted by molar-refractivity contribution is -0.137. The monoisotopic (exact) mass is 342 g/mol. The molecule has 1 aromatic rings. The number of nitrogens with zero attached hydrogens (tertiary/aromatic N) is 1. The number of aromatic hydroxyl groups is 1. The van der Waals surface area contributed by atoms with Crippen molar-refractivity contribution in [2.24, 2.45) is 0 Å². The number of hydrogen-bond acceptors (Lipinski definition) is 4. The third kappa shape index (κ3) is 3.71. The van der Waals surface area contributed by atoms with Gasteiger partial charge in [0.1, 0.15) is 5.75 Å². The molecule has 110 valence electrons. The van der Waals surface area contributed by atoms with Gasteiger partial charge in [0.15, 0.2) is 0 Å². The van der Waals surface area contributed by atoms with Crippen LogP contribution in [0.1, 0.15) is 12.5 Å². The first-order valence-electron chi connectivity index (χ1n) is 6.66. The number of phenols is 1. The molecule has 0 aliphatic carbocycles. The van der Waals surface area contributed by atoms with Gasteiger partial charge in [0.25, 0.3) is 0 Å². The van der Waals surface area contributed by atoms with Crippen molar-refractivity contribution in [3.8, 4) is 5.75 Å². The largest absolute Gasteiger partial charge is 0.506 e. The van der Waals surface area contributed by atoms with Gasteiger partial charge in [0, 0.05) is 25.2 Å². The molecular weight excluding hydrogens is 324 g/mol. The van der Waals surface area contributed by atoms with Crippen LogP contribution >= 0.6 is 15.9 Å². The second-order valence-electron chi connectivity index (χ2n) is 4.79. The lowest BCUT2D eigenvalue weighted by Crippen LogP contribution is -2.49. The Labute approximate surface area is 127 Å².